The third kappa shape index (κ3) is 5.43. The number of rotatable bonds is 6. The molecule has 0 bridgehead atoms. The molecule has 0 aliphatic carbocycles. The van der Waals surface area contributed by atoms with Crippen molar-refractivity contribution in [3.63, 3.8) is 0 Å². The summed E-state index contributed by atoms with van der Waals surface area (Å²) in [6.45, 7) is 8.51. The van der Waals surface area contributed by atoms with Crippen LogP contribution in [-0.2, 0) is 22.7 Å². The molecule has 2 N–H and O–H groups in total. The third-order valence-corrected chi connectivity index (χ3v) is 2.97. The quantitative estimate of drug-likeness (QED) is 0.837. The van der Waals surface area contributed by atoms with Crippen LogP contribution in [0.3, 0.4) is 0 Å². The van der Waals surface area contributed by atoms with Crippen LogP contribution in [-0.4, -0.2) is 11.8 Å². The van der Waals surface area contributed by atoms with Gasteiger partial charge in [-0.1, -0.05) is 52.0 Å². The molecule has 20 heavy (non-hydrogen) atoms. The topological polar surface area (TPSA) is 58.2 Å². The van der Waals surface area contributed by atoms with Crippen LogP contribution in [0.2, 0.25) is 0 Å². The lowest BCUT2D eigenvalue weighted by atomic mass is 10.1. The molecule has 0 aliphatic heterocycles. The molecule has 0 saturated heterocycles. The van der Waals surface area contributed by atoms with Crippen molar-refractivity contribution >= 4 is 11.8 Å². The van der Waals surface area contributed by atoms with Gasteiger partial charge in [0.15, 0.2) is 0 Å². The van der Waals surface area contributed by atoms with Gasteiger partial charge in [0.05, 0.1) is 0 Å². The average Bonchev–Trinajstić information content (AvgIpc) is 2.42. The number of hydrogen-bond acceptors (Lipinski definition) is 2. The second-order valence-electron chi connectivity index (χ2n) is 5.56. The molecule has 0 radical (unpaired) electrons. The number of nitrogens with one attached hydrogen (secondary N) is 2. The smallest absolute Gasteiger partial charge is 0.222 e. The fourth-order valence-corrected chi connectivity index (χ4v) is 1.64. The zero-order valence-electron chi connectivity index (χ0n) is 12.7. The van der Waals surface area contributed by atoms with Crippen LogP contribution in [0.15, 0.2) is 24.3 Å². The minimum absolute atomic E-state index is 0.0106. The summed E-state index contributed by atoms with van der Waals surface area (Å²) in [5.41, 5.74) is 2.07. The monoisotopic (exact) mass is 276 g/mol. The van der Waals surface area contributed by atoms with Gasteiger partial charge in [-0.15, -0.1) is 0 Å². The van der Waals surface area contributed by atoms with Crippen LogP contribution in [0, 0.1) is 11.8 Å². The highest BCUT2D eigenvalue weighted by Crippen LogP contribution is 2.06. The summed E-state index contributed by atoms with van der Waals surface area (Å²) in [5, 5.41) is 5.76. The van der Waals surface area contributed by atoms with Gasteiger partial charge in [-0.05, 0) is 11.1 Å². The molecule has 0 aromatic heterocycles. The van der Waals surface area contributed by atoms with Crippen LogP contribution in [0.25, 0.3) is 0 Å². The molecule has 0 unspecified atom stereocenters. The molecule has 1 rings (SSSR count). The lowest BCUT2D eigenvalue weighted by Crippen LogP contribution is -2.28. The molecular weight excluding hydrogens is 252 g/mol. The first-order valence-corrected chi connectivity index (χ1v) is 7.03. The number of carbonyl (C=O) groups excluding carboxylic acids is 2. The van der Waals surface area contributed by atoms with Crippen molar-refractivity contribution in [3.05, 3.63) is 35.4 Å². The summed E-state index contributed by atoms with van der Waals surface area (Å²) in [4.78, 5) is 23.0. The Bertz CT molecular complexity index is 428. The zero-order chi connectivity index (χ0) is 15.1. The highest BCUT2D eigenvalue weighted by Gasteiger charge is 2.07. The van der Waals surface area contributed by atoms with Gasteiger partial charge in [0.1, 0.15) is 0 Å². The Hall–Kier alpha value is -1.84. The first-order valence-electron chi connectivity index (χ1n) is 7.03. The normalized spacial score (nSPS) is 10.7. The van der Waals surface area contributed by atoms with E-state index in [1.165, 1.54) is 0 Å². The highest BCUT2D eigenvalue weighted by molar-refractivity contribution is 5.78. The molecule has 1 aromatic rings. The van der Waals surface area contributed by atoms with E-state index in [0.29, 0.717) is 13.1 Å². The largest absolute Gasteiger partial charge is 0.352 e. The second-order valence-corrected chi connectivity index (χ2v) is 5.56. The van der Waals surface area contributed by atoms with Crippen molar-refractivity contribution in [2.24, 2.45) is 11.8 Å². The fourth-order valence-electron chi connectivity index (χ4n) is 1.64. The van der Waals surface area contributed by atoms with Crippen molar-refractivity contribution < 1.29 is 9.59 Å². The Kier molecular flexibility index (Phi) is 6.22. The van der Waals surface area contributed by atoms with E-state index >= 15 is 0 Å². The number of benzene rings is 1. The van der Waals surface area contributed by atoms with Gasteiger partial charge in [-0.2, -0.15) is 0 Å². The van der Waals surface area contributed by atoms with Gasteiger partial charge in [-0.3, -0.25) is 9.59 Å². The van der Waals surface area contributed by atoms with E-state index in [1.54, 1.807) is 0 Å². The molecule has 2 amide bonds. The number of carbonyl (C=O) groups is 2. The Balaban J connectivity index is 2.53. The fraction of sp³-hybridized carbons (Fsp3) is 0.500. The number of amides is 2. The predicted octanol–water partition coefficient (Wildman–Crippen LogP) is 2.23. The number of hydrogen-bond donors (Lipinski definition) is 2. The van der Waals surface area contributed by atoms with Gasteiger partial charge >= 0.3 is 0 Å². The van der Waals surface area contributed by atoms with Crippen molar-refractivity contribution in [2.45, 2.75) is 40.8 Å². The lowest BCUT2D eigenvalue weighted by molar-refractivity contribution is -0.124. The molecule has 0 fully saturated rings. The standard InChI is InChI=1S/C16H24N2O2/c1-11(2)15(19)17-9-13-6-5-7-14(8-13)10-18-16(20)12(3)4/h5-8,11-12H,9-10H2,1-4H3,(H,17,19)(H,18,20). The minimum Gasteiger partial charge on any atom is -0.352 e. The van der Waals surface area contributed by atoms with Crippen LogP contribution in [0.4, 0.5) is 0 Å². The van der Waals surface area contributed by atoms with Gasteiger partial charge in [-0.25, -0.2) is 0 Å². The molecule has 1 aromatic carbocycles. The Morgan fingerprint density at radius 3 is 1.65 bits per heavy atom. The Morgan fingerprint density at radius 2 is 1.30 bits per heavy atom. The van der Waals surface area contributed by atoms with Crippen molar-refractivity contribution in [2.75, 3.05) is 0 Å². The Morgan fingerprint density at radius 1 is 0.900 bits per heavy atom. The molecule has 0 spiro atoms. The zero-order valence-corrected chi connectivity index (χ0v) is 12.7. The summed E-state index contributed by atoms with van der Waals surface area (Å²) < 4.78 is 0. The molecule has 0 aliphatic rings. The first kappa shape index (κ1) is 16.2. The summed E-state index contributed by atoms with van der Waals surface area (Å²) in [7, 11) is 0. The summed E-state index contributed by atoms with van der Waals surface area (Å²) in [6.07, 6.45) is 0. The van der Waals surface area contributed by atoms with E-state index < -0.39 is 0 Å². The molecule has 0 saturated carbocycles. The molecule has 110 valence electrons. The Labute approximate surface area is 121 Å². The highest BCUT2D eigenvalue weighted by atomic mass is 16.2. The maximum absolute atomic E-state index is 11.5. The van der Waals surface area contributed by atoms with E-state index in [9.17, 15) is 9.59 Å². The lowest BCUT2D eigenvalue weighted by Gasteiger charge is -2.10. The van der Waals surface area contributed by atoms with Crippen molar-refractivity contribution in [3.8, 4) is 0 Å². The van der Waals surface area contributed by atoms with Crippen LogP contribution in [0.5, 0.6) is 0 Å². The SMILES string of the molecule is CC(C)C(=O)NCc1cccc(CNC(=O)C(C)C)c1. The van der Waals surface area contributed by atoms with Crippen molar-refractivity contribution in [1.29, 1.82) is 0 Å². The van der Waals surface area contributed by atoms with Crippen LogP contribution < -0.4 is 10.6 Å². The maximum atomic E-state index is 11.5. The van der Waals surface area contributed by atoms with Gasteiger partial charge in [0, 0.05) is 24.9 Å². The van der Waals surface area contributed by atoms with Gasteiger partial charge in [0.2, 0.25) is 11.8 Å². The van der Waals surface area contributed by atoms with E-state index in [-0.39, 0.29) is 23.7 Å². The predicted molar refractivity (Wildman–Crippen MR) is 79.8 cm³/mol. The van der Waals surface area contributed by atoms with Crippen LogP contribution >= 0.6 is 0 Å². The molecule has 4 nitrogen and oxygen atoms in total. The second kappa shape index (κ2) is 7.68. The van der Waals surface area contributed by atoms with E-state index in [1.807, 2.05) is 52.0 Å². The average molecular weight is 276 g/mol. The minimum atomic E-state index is -0.0106. The van der Waals surface area contributed by atoms with E-state index in [4.69, 9.17) is 0 Å². The van der Waals surface area contributed by atoms with E-state index in [0.717, 1.165) is 11.1 Å². The maximum Gasteiger partial charge on any atom is 0.222 e. The molecule has 0 atom stereocenters. The summed E-state index contributed by atoms with van der Waals surface area (Å²) in [5.74, 6) is 0.0686. The molecular formula is C16H24N2O2. The van der Waals surface area contributed by atoms with Gasteiger partial charge in [0.25, 0.3) is 0 Å². The van der Waals surface area contributed by atoms with Crippen LogP contribution in [0.1, 0.15) is 38.8 Å². The molecule has 0 heterocycles. The van der Waals surface area contributed by atoms with Gasteiger partial charge < -0.3 is 10.6 Å². The summed E-state index contributed by atoms with van der Waals surface area (Å²) in [6, 6.07) is 7.87. The molecule has 4 heteroatoms. The summed E-state index contributed by atoms with van der Waals surface area (Å²) >= 11 is 0. The van der Waals surface area contributed by atoms with Crippen molar-refractivity contribution in [1.82, 2.24) is 10.6 Å². The van der Waals surface area contributed by atoms with E-state index in [2.05, 4.69) is 10.6 Å². The first-order chi connectivity index (χ1) is 9.40. The third-order valence-electron chi connectivity index (χ3n) is 2.97.